The molecule has 48 valence electrons. The Morgan fingerprint density at radius 2 is 2.38 bits per heavy atom. The summed E-state index contributed by atoms with van der Waals surface area (Å²) >= 11 is 0. The van der Waals surface area contributed by atoms with Crippen LogP contribution in [-0.2, 0) is 4.74 Å². The van der Waals surface area contributed by atoms with Gasteiger partial charge in [-0.3, -0.25) is 0 Å². The highest BCUT2D eigenvalue weighted by Crippen LogP contribution is 2.06. The molecule has 0 aromatic carbocycles. The molecule has 1 rings (SSSR count). The fraction of sp³-hybridized carbons (Fsp3) is 1.00. The van der Waals surface area contributed by atoms with E-state index in [4.69, 9.17) is 9.84 Å². The molecule has 8 heavy (non-hydrogen) atoms. The molecule has 0 radical (unpaired) electrons. The smallest absolute Gasteiger partial charge is 0.207 e. The lowest BCUT2D eigenvalue weighted by molar-refractivity contribution is -0.468. The van der Waals surface area contributed by atoms with Crippen LogP contribution < -0.4 is 5.73 Å². The van der Waals surface area contributed by atoms with Crippen LogP contribution in [0, 0.1) is 0 Å². The Labute approximate surface area is 48.4 Å². The van der Waals surface area contributed by atoms with Gasteiger partial charge in [-0.25, -0.2) is 0 Å². The quantitative estimate of drug-likeness (QED) is 0.416. The van der Waals surface area contributed by atoms with Crippen LogP contribution in [0.1, 0.15) is 12.8 Å². The van der Waals surface area contributed by atoms with Crippen LogP contribution in [0.4, 0.5) is 0 Å². The van der Waals surface area contributed by atoms with Gasteiger partial charge in [0.25, 0.3) is 0 Å². The molecule has 1 heterocycles. The summed E-state index contributed by atoms with van der Waals surface area (Å²) in [5, 5.41) is 8.89. The lowest BCUT2D eigenvalue weighted by Gasteiger charge is -2.20. The summed E-state index contributed by atoms with van der Waals surface area (Å²) in [6, 6.07) is 0.0868. The normalized spacial score (nSPS) is 39.8. The van der Waals surface area contributed by atoms with E-state index in [0.717, 1.165) is 12.8 Å². The molecule has 0 aliphatic carbocycles. The average molecular weight is 118 g/mol. The van der Waals surface area contributed by atoms with E-state index in [2.05, 4.69) is 5.73 Å². The zero-order valence-electron chi connectivity index (χ0n) is 4.84. The van der Waals surface area contributed by atoms with Gasteiger partial charge in [-0.2, -0.15) is 0 Å². The average Bonchev–Trinajstić information content (AvgIpc) is 1.77. The van der Waals surface area contributed by atoms with Crippen molar-refractivity contribution in [2.24, 2.45) is 0 Å². The molecule has 0 amide bonds. The maximum absolute atomic E-state index is 8.89. The standard InChI is InChI=1S/C5H11NO2/c6-4-2-1-3-8-5(4)7/h4-5,7H,1-3,6H2/p+1. The molecular formula is C5H12NO2+. The highest BCUT2D eigenvalue weighted by atomic mass is 16.6. The molecular weight excluding hydrogens is 106 g/mol. The maximum Gasteiger partial charge on any atom is 0.207 e. The van der Waals surface area contributed by atoms with Gasteiger partial charge in [0.2, 0.25) is 6.29 Å². The van der Waals surface area contributed by atoms with Gasteiger partial charge in [-0.05, 0) is 6.42 Å². The van der Waals surface area contributed by atoms with Crippen molar-refractivity contribution in [1.82, 2.24) is 0 Å². The molecule has 3 nitrogen and oxygen atoms in total. The molecule has 2 unspecified atom stereocenters. The number of hydrogen-bond acceptors (Lipinski definition) is 2. The number of rotatable bonds is 0. The van der Waals surface area contributed by atoms with Gasteiger partial charge in [0, 0.05) is 6.42 Å². The predicted molar refractivity (Wildman–Crippen MR) is 27.9 cm³/mol. The highest BCUT2D eigenvalue weighted by molar-refractivity contribution is 4.61. The van der Waals surface area contributed by atoms with Gasteiger partial charge in [0.1, 0.15) is 6.04 Å². The molecule has 0 spiro atoms. The third-order valence-corrected chi connectivity index (χ3v) is 1.41. The summed E-state index contributed by atoms with van der Waals surface area (Å²) in [6.07, 6.45) is 1.41. The molecule has 0 saturated carbocycles. The van der Waals surface area contributed by atoms with E-state index < -0.39 is 6.29 Å². The summed E-state index contributed by atoms with van der Waals surface area (Å²) in [6.45, 7) is 0.688. The van der Waals surface area contributed by atoms with Crippen molar-refractivity contribution in [1.29, 1.82) is 0 Å². The first-order valence-electron chi connectivity index (χ1n) is 2.93. The second-order valence-electron chi connectivity index (χ2n) is 2.16. The Morgan fingerprint density at radius 3 is 2.75 bits per heavy atom. The Bertz CT molecular complexity index is 66.8. The Hall–Kier alpha value is -0.120. The summed E-state index contributed by atoms with van der Waals surface area (Å²) < 4.78 is 4.88. The van der Waals surface area contributed by atoms with Gasteiger partial charge < -0.3 is 15.6 Å². The van der Waals surface area contributed by atoms with E-state index in [-0.39, 0.29) is 6.04 Å². The Balaban J connectivity index is 2.28. The summed E-state index contributed by atoms with van der Waals surface area (Å²) in [7, 11) is 0. The highest BCUT2D eigenvalue weighted by Gasteiger charge is 2.22. The number of aliphatic hydroxyl groups excluding tert-OH is 1. The van der Waals surface area contributed by atoms with Crippen molar-refractivity contribution < 1.29 is 15.6 Å². The largest absolute Gasteiger partial charge is 0.363 e. The lowest BCUT2D eigenvalue weighted by atomic mass is 10.1. The van der Waals surface area contributed by atoms with Crippen molar-refractivity contribution in [3.05, 3.63) is 0 Å². The number of ether oxygens (including phenoxy) is 1. The van der Waals surface area contributed by atoms with E-state index >= 15 is 0 Å². The zero-order valence-corrected chi connectivity index (χ0v) is 4.84. The van der Waals surface area contributed by atoms with Crippen molar-refractivity contribution in [2.75, 3.05) is 6.61 Å². The minimum Gasteiger partial charge on any atom is -0.363 e. The predicted octanol–water partition coefficient (Wildman–Crippen LogP) is -1.27. The second-order valence-corrected chi connectivity index (χ2v) is 2.16. The zero-order chi connectivity index (χ0) is 5.98. The van der Waals surface area contributed by atoms with Crippen LogP contribution in [0.3, 0.4) is 0 Å². The van der Waals surface area contributed by atoms with Crippen molar-refractivity contribution in [3.63, 3.8) is 0 Å². The minimum absolute atomic E-state index is 0.0868. The van der Waals surface area contributed by atoms with Crippen LogP contribution in [0.25, 0.3) is 0 Å². The summed E-state index contributed by atoms with van der Waals surface area (Å²) in [5.74, 6) is 0. The second kappa shape index (κ2) is 2.44. The van der Waals surface area contributed by atoms with E-state index in [1.165, 1.54) is 0 Å². The first-order chi connectivity index (χ1) is 3.80. The molecule has 4 N–H and O–H groups in total. The molecule has 1 aliphatic heterocycles. The van der Waals surface area contributed by atoms with Crippen molar-refractivity contribution >= 4 is 0 Å². The van der Waals surface area contributed by atoms with Crippen LogP contribution in [0.5, 0.6) is 0 Å². The van der Waals surface area contributed by atoms with Gasteiger partial charge in [0.05, 0.1) is 6.61 Å². The van der Waals surface area contributed by atoms with Crippen LogP contribution in [0.15, 0.2) is 0 Å². The Morgan fingerprint density at radius 1 is 1.62 bits per heavy atom. The van der Waals surface area contributed by atoms with E-state index in [9.17, 15) is 0 Å². The maximum atomic E-state index is 8.89. The SMILES string of the molecule is [NH3+]C1CCCOC1O. The van der Waals surface area contributed by atoms with Crippen molar-refractivity contribution in [3.8, 4) is 0 Å². The fourth-order valence-electron chi connectivity index (χ4n) is 0.828. The molecule has 1 fully saturated rings. The van der Waals surface area contributed by atoms with Crippen LogP contribution in [-0.4, -0.2) is 24.0 Å². The summed E-state index contributed by atoms with van der Waals surface area (Å²) in [5.41, 5.74) is 3.70. The van der Waals surface area contributed by atoms with Crippen LogP contribution in [0.2, 0.25) is 0 Å². The lowest BCUT2D eigenvalue weighted by Crippen LogP contribution is -2.67. The molecule has 3 heteroatoms. The number of quaternary nitrogens is 1. The number of hydrogen-bond donors (Lipinski definition) is 2. The fourth-order valence-corrected chi connectivity index (χ4v) is 0.828. The third-order valence-electron chi connectivity index (χ3n) is 1.41. The molecule has 0 bridgehead atoms. The van der Waals surface area contributed by atoms with Gasteiger partial charge in [0.15, 0.2) is 0 Å². The van der Waals surface area contributed by atoms with E-state index in [1.807, 2.05) is 0 Å². The topological polar surface area (TPSA) is 57.1 Å². The van der Waals surface area contributed by atoms with Gasteiger partial charge >= 0.3 is 0 Å². The first-order valence-corrected chi connectivity index (χ1v) is 2.93. The molecule has 0 aromatic rings. The molecule has 1 saturated heterocycles. The molecule has 0 aromatic heterocycles. The van der Waals surface area contributed by atoms with Gasteiger partial charge in [-0.15, -0.1) is 0 Å². The molecule has 1 aliphatic rings. The van der Waals surface area contributed by atoms with E-state index in [0.29, 0.717) is 6.61 Å². The summed E-state index contributed by atoms with van der Waals surface area (Å²) in [4.78, 5) is 0. The number of aliphatic hydroxyl groups is 1. The first kappa shape index (κ1) is 6.01. The minimum atomic E-state index is -0.608. The van der Waals surface area contributed by atoms with Gasteiger partial charge in [-0.1, -0.05) is 0 Å². The monoisotopic (exact) mass is 118 g/mol. The Kier molecular flexibility index (Phi) is 1.83. The van der Waals surface area contributed by atoms with Crippen molar-refractivity contribution in [2.45, 2.75) is 25.2 Å². The van der Waals surface area contributed by atoms with Crippen LogP contribution >= 0.6 is 0 Å². The van der Waals surface area contributed by atoms with E-state index in [1.54, 1.807) is 0 Å². The third kappa shape index (κ3) is 1.18. The molecule has 2 atom stereocenters.